The van der Waals surface area contributed by atoms with E-state index in [0.29, 0.717) is 25.3 Å². The number of hydrogen-bond acceptors (Lipinski definition) is 3. The molecule has 20 heavy (non-hydrogen) atoms. The Morgan fingerprint density at radius 3 is 2.60 bits per heavy atom. The molecule has 1 saturated carbocycles. The number of likely N-dealkylation sites (tertiary alicyclic amines) is 1. The lowest BCUT2D eigenvalue weighted by Crippen LogP contribution is -2.56. The van der Waals surface area contributed by atoms with Gasteiger partial charge in [-0.2, -0.15) is 0 Å². The van der Waals surface area contributed by atoms with Crippen molar-refractivity contribution in [2.75, 3.05) is 26.2 Å². The van der Waals surface area contributed by atoms with Crippen LogP contribution < -0.4 is 10.6 Å². The average Bonchev–Trinajstić information content (AvgIpc) is 3.05. The standard InChI is InChI=1S/C14H25N3O3/c1-2-17-8-5-11(10-17)9-15-13(20)16-14(12(18)19)6-3-4-7-14/h11H,2-10H2,1H3,(H,18,19)(H2,15,16,20). The van der Waals surface area contributed by atoms with Crippen molar-refractivity contribution >= 4 is 12.0 Å². The van der Waals surface area contributed by atoms with Gasteiger partial charge in [0.2, 0.25) is 0 Å². The molecule has 1 atom stereocenters. The highest BCUT2D eigenvalue weighted by atomic mass is 16.4. The van der Waals surface area contributed by atoms with E-state index < -0.39 is 11.5 Å². The molecule has 2 amide bonds. The molecule has 0 aromatic heterocycles. The minimum absolute atomic E-state index is 0.343. The molecule has 6 heteroatoms. The Hall–Kier alpha value is -1.30. The second-order valence-electron chi connectivity index (χ2n) is 5.98. The highest BCUT2D eigenvalue weighted by Crippen LogP contribution is 2.29. The minimum atomic E-state index is -1.05. The van der Waals surface area contributed by atoms with Gasteiger partial charge >= 0.3 is 12.0 Å². The Morgan fingerprint density at radius 2 is 2.05 bits per heavy atom. The van der Waals surface area contributed by atoms with E-state index in [1.54, 1.807) is 0 Å². The van der Waals surface area contributed by atoms with Crippen LogP contribution in [0, 0.1) is 5.92 Å². The molecule has 0 spiro atoms. The molecular formula is C14H25N3O3. The van der Waals surface area contributed by atoms with Crippen LogP contribution in [0.3, 0.4) is 0 Å². The largest absolute Gasteiger partial charge is 0.480 e. The Morgan fingerprint density at radius 1 is 1.35 bits per heavy atom. The Kier molecular flexibility index (Phi) is 4.86. The molecular weight excluding hydrogens is 258 g/mol. The van der Waals surface area contributed by atoms with Gasteiger partial charge < -0.3 is 20.6 Å². The van der Waals surface area contributed by atoms with Crippen LogP contribution in [0.4, 0.5) is 4.79 Å². The topological polar surface area (TPSA) is 81.7 Å². The van der Waals surface area contributed by atoms with Gasteiger partial charge in [0, 0.05) is 13.1 Å². The van der Waals surface area contributed by atoms with Crippen LogP contribution in [0.15, 0.2) is 0 Å². The molecule has 1 unspecified atom stereocenters. The number of aliphatic carboxylic acids is 1. The zero-order valence-corrected chi connectivity index (χ0v) is 12.2. The van der Waals surface area contributed by atoms with Gasteiger partial charge in [-0.1, -0.05) is 19.8 Å². The first-order chi connectivity index (χ1) is 9.55. The van der Waals surface area contributed by atoms with Gasteiger partial charge in [0.1, 0.15) is 5.54 Å². The summed E-state index contributed by atoms with van der Waals surface area (Å²) in [5.41, 5.74) is -1.05. The monoisotopic (exact) mass is 283 g/mol. The summed E-state index contributed by atoms with van der Waals surface area (Å²) in [6.45, 7) is 5.91. The third-order valence-corrected chi connectivity index (χ3v) is 4.59. The number of nitrogens with one attached hydrogen (secondary N) is 2. The van der Waals surface area contributed by atoms with Gasteiger partial charge in [-0.05, 0) is 38.3 Å². The van der Waals surface area contributed by atoms with E-state index in [0.717, 1.165) is 38.9 Å². The smallest absolute Gasteiger partial charge is 0.329 e. The lowest BCUT2D eigenvalue weighted by atomic mass is 9.98. The van der Waals surface area contributed by atoms with Crippen molar-refractivity contribution < 1.29 is 14.7 Å². The predicted octanol–water partition coefficient (Wildman–Crippen LogP) is 1.02. The van der Waals surface area contributed by atoms with Crippen molar-refractivity contribution in [1.82, 2.24) is 15.5 Å². The molecule has 3 N–H and O–H groups in total. The normalized spacial score (nSPS) is 25.6. The van der Waals surface area contributed by atoms with Crippen LogP contribution in [0.1, 0.15) is 39.0 Å². The SMILES string of the molecule is CCN1CCC(CNC(=O)NC2(C(=O)O)CCCC2)C1. The summed E-state index contributed by atoms with van der Waals surface area (Å²) in [6, 6.07) is -0.343. The summed E-state index contributed by atoms with van der Waals surface area (Å²) in [6.07, 6.45) is 3.88. The minimum Gasteiger partial charge on any atom is -0.480 e. The summed E-state index contributed by atoms with van der Waals surface area (Å²) in [5.74, 6) is -0.437. The Bertz CT molecular complexity index is 367. The highest BCUT2D eigenvalue weighted by Gasteiger charge is 2.42. The van der Waals surface area contributed by atoms with Crippen LogP contribution in [0.25, 0.3) is 0 Å². The van der Waals surface area contributed by atoms with E-state index >= 15 is 0 Å². The van der Waals surface area contributed by atoms with Crippen molar-refractivity contribution in [3.05, 3.63) is 0 Å². The fraction of sp³-hybridized carbons (Fsp3) is 0.857. The van der Waals surface area contributed by atoms with E-state index in [1.807, 2.05) is 0 Å². The van der Waals surface area contributed by atoms with E-state index in [1.165, 1.54) is 0 Å². The first-order valence-corrected chi connectivity index (χ1v) is 7.57. The number of hydrogen-bond donors (Lipinski definition) is 3. The molecule has 0 aromatic rings. The Balaban J connectivity index is 1.76. The summed E-state index contributed by atoms with van der Waals surface area (Å²) in [7, 11) is 0. The van der Waals surface area contributed by atoms with Gasteiger partial charge in [0.25, 0.3) is 0 Å². The number of carbonyl (C=O) groups is 2. The second-order valence-corrected chi connectivity index (χ2v) is 5.98. The molecule has 1 aliphatic heterocycles. The molecule has 1 aliphatic carbocycles. The van der Waals surface area contributed by atoms with Crippen LogP contribution >= 0.6 is 0 Å². The molecule has 0 bridgehead atoms. The number of urea groups is 1. The molecule has 6 nitrogen and oxygen atoms in total. The van der Waals surface area contributed by atoms with Gasteiger partial charge in [0.15, 0.2) is 0 Å². The molecule has 2 fully saturated rings. The van der Waals surface area contributed by atoms with E-state index in [9.17, 15) is 14.7 Å². The summed E-state index contributed by atoms with van der Waals surface area (Å²) >= 11 is 0. The van der Waals surface area contributed by atoms with E-state index in [4.69, 9.17) is 0 Å². The van der Waals surface area contributed by atoms with Crippen molar-refractivity contribution in [2.24, 2.45) is 5.92 Å². The maximum atomic E-state index is 11.9. The van der Waals surface area contributed by atoms with Crippen LogP contribution in [0.2, 0.25) is 0 Å². The highest BCUT2D eigenvalue weighted by molar-refractivity contribution is 5.86. The van der Waals surface area contributed by atoms with E-state index in [2.05, 4.69) is 22.5 Å². The zero-order valence-electron chi connectivity index (χ0n) is 12.2. The average molecular weight is 283 g/mol. The molecule has 2 aliphatic rings. The van der Waals surface area contributed by atoms with Crippen molar-refractivity contribution in [3.8, 4) is 0 Å². The third-order valence-electron chi connectivity index (χ3n) is 4.59. The first kappa shape index (κ1) is 15.1. The van der Waals surface area contributed by atoms with Crippen molar-refractivity contribution in [1.29, 1.82) is 0 Å². The fourth-order valence-corrected chi connectivity index (χ4v) is 3.24. The number of rotatable bonds is 5. The summed E-state index contributed by atoms with van der Waals surface area (Å²) in [5, 5.41) is 14.8. The number of nitrogens with zero attached hydrogens (tertiary/aromatic N) is 1. The van der Waals surface area contributed by atoms with E-state index in [-0.39, 0.29) is 6.03 Å². The maximum absolute atomic E-state index is 11.9. The third kappa shape index (κ3) is 3.42. The van der Waals surface area contributed by atoms with Crippen molar-refractivity contribution in [3.63, 3.8) is 0 Å². The molecule has 1 heterocycles. The second kappa shape index (κ2) is 6.43. The number of amides is 2. The molecule has 1 saturated heterocycles. The van der Waals surface area contributed by atoms with Gasteiger partial charge in [-0.3, -0.25) is 0 Å². The predicted molar refractivity (Wildman–Crippen MR) is 75.6 cm³/mol. The summed E-state index contributed by atoms with van der Waals surface area (Å²) < 4.78 is 0. The van der Waals surface area contributed by atoms with Crippen LogP contribution in [-0.4, -0.2) is 53.7 Å². The first-order valence-electron chi connectivity index (χ1n) is 7.57. The summed E-state index contributed by atoms with van der Waals surface area (Å²) in [4.78, 5) is 25.6. The molecule has 0 radical (unpaired) electrons. The number of carboxylic acid groups (broad SMARTS) is 1. The quantitative estimate of drug-likeness (QED) is 0.704. The van der Waals surface area contributed by atoms with Gasteiger partial charge in [-0.15, -0.1) is 0 Å². The number of carbonyl (C=O) groups excluding carboxylic acids is 1. The van der Waals surface area contributed by atoms with Crippen LogP contribution in [0.5, 0.6) is 0 Å². The fourth-order valence-electron chi connectivity index (χ4n) is 3.24. The molecule has 0 aromatic carbocycles. The van der Waals surface area contributed by atoms with Crippen LogP contribution in [-0.2, 0) is 4.79 Å². The lowest BCUT2D eigenvalue weighted by molar-refractivity contribution is -0.144. The Labute approximate surface area is 119 Å². The lowest BCUT2D eigenvalue weighted by Gasteiger charge is -2.25. The molecule has 2 rings (SSSR count). The van der Waals surface area contributed by atoms with Gasteiger partial charge in [0.05, 0.1) is 0 Å². The number of carboxylic acids is 1. The zero-order chi connectivity index (χ0) is 14.6. The van der Waals surface area contributed by atoms with Crippen molar-refractivity contribution in [2.45, 2.75) is 44.6 Å². The maximum Gasteiger partial charge on any atom is 0.329 e. The molecule has 114 valence electrons. The van der Waals surface area contributed by atoms with Gasteiger partial charge in [-0.25, -0.2) is 9.59 Å².